The lowest BCUT2D eigenvalue weighted by Crippen LogP contribution is -2.34. The number of nitriles is 1. The average Bonchev–Trinajstić information content (AvgIpc) is 2.78. The molecule has 0 aliphatic carbocycles. The van der Waals surface area contributed by atoms with E-state index in [0.29, 0.717) is 5.56 Å². The van der Waals surface area contributed by atoms with Gasteiger partial charge in [0.2, 0.25) is 5.91 Å². The van der Waals surface area contributed by atoms with Crippen molar-refractivity contribution in [2.45, 2.75) is 46.0 Å². The van der Waals surface area contributed by atoms with E-state index in [4.69, 9.17) is 5.26 Å². The van der Waals surface area contributed by atoms with Gasteiger partial charge in [0.15, 0.2) is 0 Å². The number of benzene rings is 1. The highest BCUT2D eigenvalue weighted by Gasteiger charge is 2.45. The van der Waals surface area contributed by atoms with Gasteiger partial charge in [0.25, 0.3) is 0 Å². The molecule has 0 N–H and O–H groups in total. The number of carbonyl (C=O) groups is 1. The van der Waals surface area contributed by atoms with Gasteiger partial charge >= 0.3 is 0 Å². The number of anilines is 1. The maximum absolute atomic E-state index is 12.8. The van der Waals surface area contributed by atoms with Crippen molar-refractivity contribution in [1.82, 2.24) is 0 Å². The summed E-state index contributed by atoms with van der Waals surface area (Å²) in [5, 5.41) is 8.84. The lowest BCUT2D eigenvalue weighted by Gasteiger charge is -2.27. The molecule has 1 amide bonds. The molecule has 1 heterocycles. The van der Waals surface area contributed by atoms with Gasteiger partial charge in [-0.3, -0.25) is 4.79 Å². The summed E-state index contributed by atoms with van der Waals surface area (Å²) < 4.78 is 0. The van der Waals surface area contributed by atoms with Gasteiger partial charge in [-0.15, -0.1) is 0 Å². The van der Waals surface area contributed by atoms with E-state index < -0.39 is 0 Å². The molecule has 1 fully saturated rings. The maximum Gasteiger partial charge on any atom is 0.233 e. The van der Waals surface area contributed by atoms with Crippen molar-refractivity contribution >= 4 is 11.6 Å². The van der Waals surface area contributed by atoms with Crippen LogP contribution in [-0.4, -0.2) is 12.5 Å². The van der Waals surface area contributed by atoms with Gasteiger partial charge in [0.1, 0.15) is 0 Å². The summed E-state index contributed by atoms with van der Waals surface area (Å²) in [6.07, 6.45) is 5.01. The Morgan fingerprint density at radius 2 is 1.80 bits per heavy atom. The normalized spacial score (nSPS) is 17.2. The summed E-state index contributed by atoms with van der Waals surface area (Å²) in [6, 6.07) is 9.43. The van der Waals surface area contributed by atoms with Crippen LogP contribution >= 0.6 is 0 Å². The molecule has 0 radical (unpaired) electrons. The number of hydrogen-bond donors (Lipinski definition) is 0. The molecule has 106 valence electrons. The highest BCUT2D eigenvalue weighted by molar-refractivity contribution is 5.99. The second-order valence-corrected chi connectivity index (χ2v) is 5.65. The van der Waals surface area contributed by atoms with Crippen molar-refractivity contribution in [3.8, 4) is 6.07 Å². The predicted octanol–water partition coefficient (Wildman–Crippen LogP) is 3.88. The Labute approximate surface area is 121 Å². The Hall–Kier alpha value is -1.82. The van der Waals surface area contributed by atoms with E-state index in [0.717, 1.165) is 44.3 Å². The van der Waals surface area contributed by atoms with Crippen LogP contribution in [0.4, 0.5) is 5.69 Å². The molecule has 3 nitrogen and oxygen atoms in total. The number of hydrogen-bond acceptors (Lipinski definition) is 2. The minimum Gasteiger partial charge on any atom is -0.312 e. The Kier molecular flexibility index (Phi) is 4.44. The molecule has 0 bridgehead atoms. The van der Waals surface area contributed by atoms with Crippen LogP contribution < -0.4 is 4.90 Å². The third-order valence-corrected chi connectivity index (χ3v) is 4.28. The highest BCUT2D eigenvalue weighted by Crippen LogP contribution is 2.42. The Morgan fingerprint density at radius 1 is 1.20 bits per heavy atom. The zero-order valence-corrected chi connectivity index (χ0v) is 12.4. The Balaban J connectivity index is 2.23. The van der Waals surface area contributed by atoms with Gasteiger partial charge in [0.05, 0.1) is 17.0 Å². The predicted molar refractivity (Wildman–Crippen MR) is 80.4 cm³/mol. The van der Waals surface area contributed by atoms with Crippen LogP contribution in [0.2, 0.25) is 0 Å². The number of rotatable bonds is 5. The molecule has 3 heteroatoms. The van der Waals surface area contributed by atoms with Crippen molar-refractivity contribution in [3.63, 3.8) is 0 Å². The van der Waals surface area contributed by atoms with E-state index in [1.54, 1.807) is 12.1 Å². The van der Waals surface area contributed by atoms with Crippen molar-refractivity contribution in [3.05, 3.63) is 29.8 Å². The van der Waals surface area contributed by atoms with Crippen LogP contribution in [0.1, 0.15) is 51.5 Å². The summed E-state index contributed by atoms with van der Waals surface area (Å²) in [7, 11) is 0. The van der Waals surface area contributed by atoms with Crippen molar-refractivity contribution in [2.75, 3.05) is 11.4 Å². The zero-order chi connectivity index (χ0) is 14.6. The number of amides is 1. The molecule has 1 aromatic rings. The Morgan fingerprint density at radius 3 is 2.30 bits per heavy atom. The van der Waals surface area contributed by atoms with Crippen molar-refractivity contribution in [2.24, 2.45) is 5.41 Å². The first-order chi connectivity index (χ1) is 9.66. The fraction of sp³-hybridized carbons (Fsp3) is 0.529. The summed E-state index contributed by atoms with van der Waals surface area (Å²) in [5.41, 5.74) is 1.40. The zero-order valence-electron chi connectivity index (χ0n) is 12.4. The standard InChI is InChI=1S/C17H22N2O/c1-3-9-17(10-4-2)11-12-19(16(17)20)15-7-5-14(13-18)6-8-15/h5-8H,3-4,9-12H2,1-2H3. The van der Waals surface area contributed by atoms with Gasteiger partial charge in [-0.2, -0.15) is 5.26 Å². The monoisotopic (exact) mass is 270 g/mol. The molecule has 0 aromatic heterocycles. The molecule has 2 rings (SSSR count). The first kappa shape index (κ1) is 14.6. The second kappa shape index (κ2) is 6.09. The smallest absolute Gasteiger partial charge is 0.233 e. The van der Waals surface area contributed by atoms with Crippen LogP contribution in [0.3, 0.4) is 0 Å². The molecule has 1 aliphatic heterocycles. The van der Waals surface area contributed by atoms with Gasteiger partial charge in [-0.25, -0.2) is 0 Å². The molecule has 1 aliphatic rings. The average molecular weight is 270 g/mol. The second-order valence-electron chi connectivity index (χ2n) is 5.65. The SMILES string of the molecule is CCCC1(CCC)CCN(c2ccc(C#N)cc2)C1=O. The lowest BCUT2D eigenvalue weighted by molar-refractivity contribution is -0.126. The van der Waals surface area contributed by atoms with E-state index in [1.165, 1.54) is 0 Å². The molecular weight excluding hydrogens is 248 g/mol. The third kappa shape index (κ3) is 2.56. The Bertz CT molecular complexity index is 507. The summed E-state index contributed by atoms with van der Waals surface area (Å²) in [5.74, 6) is 0.269. The molecule has 0 unspecified atom stereocenters. The molecule has 0 spiro atoms. The van der Waals surface area contributed by atoms with Gasteiger partial charge in [0, 0.05) is 12.2 Å². The minimum absolute atomic E-state index is 0.155. The molecule has 1 aromatic carbocycles. The van der Waals surface area contributed by atoms with Crippen molar-refractivity contribution < 1.29 is 4.79 Å². The van der Waals surface area contributed by atoms with E-state index in [-0.39, 0.29) is 11.3 Å². The number of nitrogens with zero attached hydrogens (tertiary/aromatic N) is 2. The van der Waals surface area contributed by atoms with Crippen molar-refractivity contribution in [1.29, 1.82) is 5.26 Å². The van der Waals surface area contributed by atoms with Crippen LogP contribution in [0, 0.1) is 16.7 Å². The van der Waals surface area contributed by atoms with Crippen LogP contribution in [0.15, 0.2) is 24.3 Å². The minimum atomic E-state index is -0.155. The van der Waals surface area contributed by atoms with Gasteiger partial charge in [-0.1, -0.05) is 26.7 Å². The maximum atomic E-state index is 12.8. The fourth-order valence-electron chi connectivity index (χ4n) is 3.33. The van der Waals surface area contributed by atoms with E-state index in [1.807, 2.05) is 17.0 Å². The largest absolute Gasteiger partial charge is 0.312 e. The van der Waals surface area contributed by atoms with Crippen LogP contribution in [0.25, 0.3) is 0 Å². The van der Waals surface area contributed by atoms with E-state index >= 15 is 0 Å². The molecule has 1 saturated heterocycles. The summed E-state index contributed by atoms with van der Waals surface area (Å²) in [4.78, 5) is 14.7. The van der Waals surface area contributed by atoms with Gasteiger partial charge in [-0.05, 0) is 43.5 Å². The first-order valence-corrected chi connectivity index (χ1v) is 7.49. The van der Waals surface area contributed by atoms with Gasteiger partial charge < -0.3 is 4.90 Å². The number of carbonyl (C=O) groups excluding carboxylic acids is 1. The summed E-state index contributed by atoms with van der Waals surface area (Å²) >= 11 is 0. The van der Waals surface area contributed by atoms with Crippen LogP contribution in [0.5, 0.6) is 0 Å². The van der Waals surface area contributed by atoms with E-state index in [2.05, 4.69) is 19.9 Å². The quantitative estimate of drug-likeness (QED) is 0.815. The molecule has 0 saturated carbocycles. The molecule has 0 atom stereocenters. The summed E-state index contributed by atoms with van der Waals surface area (Å²) in [6.45, 7) is 5.09. The van der Waals surface area contributed by atoms with Crippen LogP contribution in [-0.2, 0) is 4.79 Å². The van der Waals surface area contributed by atoms with E-state index in [9.17, 15) is 4.79 Å². The third-order valence-electron chi connectivity index (χ3n) is 4.28. The lowest BCUT2D eigenvalue weighted by atomic mass is 9.78. The topological polar surface area (TPSA) is 44.1 Å². The molecule has 20 heavy (non-hydrogen) atoms. The fourth-order valence-corrected chi connectivity index (χ4v) is 3.33. The highest BCUT2D eigenvalue weighted by atomic mass is 16.2. The molecular formula is C17H22N2O. The first-order valence-electron chi connectivity index (χ1n) is 7.49.